The maximum Gasteiger partial charge on any atom is 0.147 e. The lowest BCUT2D eigenvalue weighted by Gasteiger charge is -2.29. The van der Waals surface area contributed by atoms with E-state index in [2.05, 4.69) is 42.9 Å². The monoisotopic (exact) mass is 294 g/mol. The van der Waals surface area contributed by atoms with Gasteiger partial charge in [-0.1, -0.05) is 20.8 Å². The van der Waals surface area contributed by atoms with Crippen LogP contribution in [0.1, 0.15) is 39.8 Å². The molecule has 0 saturated heterocycles. The first-order valence-corrected chi connectivity index (χ1v) is 7.85. The first-order valence-electron chi connectivity index (χ1n) is 7.85. The number of hydrogen-bond acceptors (Lipinski definition) is 5. The molecule has 1 N–H and O–H groups in total. The van der Waals surface area contributed by atoms with Gasteiger partial charge in [0, 0.05) is 32.4 Å². The van der Waals surface area contributed by atoms with Crippen LogP contribution in [0.5, 0.6) is 0 Å². The first-order chi connectivity index (χ1) is 10.1. The molecule has 5 nitrogen and oxygen atoms in total. The summed E-state index contributed by atoms with van der Waals surface area (Å²) in [6.07, 6.45) is 4.75. The molecule has 1 heterocycles. The van der Waals surface area contributed by atoms with Gasteiger partial charge in [0.2, 0.25) is 0 Å². The number of ether oxygens (including phenoxy) is 1. The van der Waals surface area contributed by atoms with Gasteiger partial charge in [0.25, 0.3) is 0 Å². The normalized spacial score (nSPS) is 12.7. The number of nitrogens with zero attached hydrogens (tertiary/aromatic N) is 3. The molecule has 21 heavy (non-hydrogen) atoms. The SMILES string of the molecule is CCC(C)N(CCOC)c1cncc(CNCC(C)C)n1. The molecule has 1 atom stereocenters. The predicted molar refractivity (Wildman–Crippen MR) is 87.6 cm³/mol. The van der Waals surface area contributed by atoms with Crippen LogP contribution in [0.15, 0.2) is 12.4 Å². The molecule has 1 aromatic heterocycles. The second kappa shape index (κ2) is 9.68. The Balaban J connectivity index is 2.73. The Morgan fingerprint density at radius 2 is 2.05 bits per heavy atom. The van der Waals surface area contributed by atoms with Gasteiger partial charge in [0.15, 0.2) is 0 Å². The largest absolute Gasteiger partial charge is 0.383 e. The standard InChI is InChI=1S/C16H30N4O/c1-6-14(4)20(7-8-21-5)16-12-18-11-15(19-16)10-17-9-13(2)3/h11-14,17H,6-10H2,1-5H3. The molecule has 0 amide bonds. The van der Waals surface area contributed by atoms with Crippen LogP contribution in [0.3, 0.4) is 0 Å². The maximum absolute atomic E-state index is 5.21. The van der Waals surface area contributed by atoms with Gasteiger partial charge in [-0.3, -0.25) is 4.98 Å². The number of nitrogens with one attached hydrogen (secondary N) is 1. The average Bonchev–Trinajstić information content (AvgIpc) is 2.47. The lowest BCUT2D eigenvalue weighted by atomic mass is 10.2. The smallest absolute Gasteiger partial charge is 0.147 e. The Hall–Kier alpha value is -1.20. The highest BCUT2D eigenvalue weighted by molar-refractivity contribution is 5.37. The van der Waals surface area contributed by atoms with Crippen molar-refractivity contribution in [2.75, 3.05) is 31.7 Å². The summed E-state index contributed by atoms with van der Waals surface area (Å²) < 4.78 is 5.21. The van der Waals surface area contributed by atoms with Crippen molar-refractivity contribution in [2.24, 2.45) is 5.92 Å². The zero-order chi connectivity index (χ0) is 15.7. The highest BCUT2D eigenvalue weighted by Gasteiger charge is 2.14. The fourth-order valence-electron chi connectivity index (χ4n) is 2.08. The Bertz CT molecular complexity index is 398. The molecule has 1 aromatic rings. The topological polar surface area (TPSA) is 50.3 Å². The summed E-state index contributed by atoms with van der Waals surface area (Å²) >= 11 is 0. The van der Waals surface area contributed by atoms with Crippen molar-refractivity contribution in [3.05, 3.63) is 18.1 Å². The minimum atomic E-state index is 0.424. The second-order valence-corrected chi connectivity index (χ2v) is 5.84. The number of anilines is 1. The summed E-state index contributed by atoms with van der Waals surface area (Å²) in [6.45, 7) is 12.1. The van der Waals surface area contributed by atoms with Gasteiger partial charge in [-0.25, -0.2) is 4.98 Å². The fourth-order valence-corrected chi connectivity index (χ4v) is 2.08. The van der Waals surface area contributed by atoms with Crippen molar-refractivity contribution in [2.45, 2.75) is 46.7 Å². The predicted octanol–water partition coefficient (Wildman–Crippen LogP) is 2.47. The molecule has 0 spiro atoms. The first kappa shape index (κ1) is 17.9. The quantitative estimate of drug-likeness (QED) is 0.718. The summed E-state index contributed by atoms with van der Waals surface area (Å²) in [5.74, 6) is 1.57. The van der Waals surface area contributed by atoms with Gasteiger partial charge in [-0.05, 0) is 25.8 Å². The third kappa shape index (κ3) is 6.40. The highest BCUT2D eigenvalue weighted by atomic mass is 16.5. The van der Waals surface area contributed by atoms with Gasteiger partial charge in [-0.2, -0.15) is 0 Å². The van der Waals surface area contributed by atoms with E-state index in [1.165, 1.54) is 0 Å². The molecule has 120 valence electrons. The Kier molecular flexibility index (Phi) is 8.23. The summed E-state index contributed by atoms with van der Waals surface area (Å²) in [7, 11) is 1.73. The molecule has 5 heteroatoms. The van der Waals surface area contributed by atoms with Crippen LogP contribution < -0.4 is 10.2 Å². The summed E-state index contributed by atoms with van der Waals surface area (Å²) in [5.41, 5.74) is 0.985. The molecule has 0 fully saturated rings. The number of rotatable bonds is 10. The van der Waals surface area contributed by atoms with Crippen LogP contribution in [-0.4, -0.2) is 42.8 Å². The molecular weight excluding hydrogens is 264 g/mol. The Morgan fingerprint density at radius 3 is 2.67 bits per heavy atom. The van der Waals surface area contributed by atoms with Crippen molar-refractivity contribution in [1.82, 2.24) is 15.3 Å². The van der Waals surface area contributed by atoms with Crippen molar-refractivity contribution < 1.29 is 4.74 Å². The fraction of sp³-hybridized carbons (Fsp3) is 0.750. The van der Waals surface area contributed by atoms with E-state index in [1.807, 2.05) is 12.4 Å². The highest BCUT2D eigenvalue weighted by Crippen LogP contribution is 2.15. The van der Waals surface area contributed by atoms with E-state index < -0.39 is 0 Å². The van der Waals surface area contributed by atoms with Crippen LogP contribution in [0, 0.1) is 5.92 Å². The average molecular weight is 294 g/mol. The van der Waals surface area contributed by atoms with Crippen LogP contribution >= 0.6 is 0 Å². The zero-order valence-corrected chi connectivity index (χ0v) is 14.1. The van der Waals surface area contributed by atoms with E-state index in [4.69, 9.17) is 9.72 Å². The van der Waals surface area contributed by atoms with Gasteiger partial charge in [0.1, 0.15) is 5.82 Å². The number of aromatic nitrogens is 2. The summed E-state index contributed by atoms with van der Waals surface area (Å²) in [6, 6.07) is 0.424. The molecule has 0 aliphatic rings. The molecule has 0 radical (unpaired) electrons. The molecule has 1 unspecified atom stereocenters. The van der Waals surface area contributed by atoms with E-state index in [0.29, 0.717) is 18.6 Å². The van der Waals surface area contributed by atoms with E-state index in [1.54, 1.807) is 7.11 Å². The lowest BCUT2D eigenvalue weighted by Crippen LogP contribution is -2.36. The van der Waals surface area contributed by atoms with Crippen molar-refractivity contribution in [3.8, 4) is 0 Å². The van der Waals surface area contributed by atoms with E-state index in [0.717, 1.165) is 37.6 Å². The molecule has 0 aliphatic carbocycles. The molecular formula is C16H30N4O. The Labute approximate surface area is 129 Å². The minimum Gasteiger partial charge on any atom is -0.383 e. The molecule has 0 bridgehead atoms. The molecule has 0 aromatic carbocycles. The van der Waals surface area contributed by atoms with Crippen molar-refractivity contribution in [1.29, 1.82) is 0 Å². The molecule has 0 aliphatic heterocycles. The van der Waals surface area contributed by atoms with Crippen LogP contribution in [0.4, 0.5) is 5.82 Å². The molecule has 1 rings (SSSR count). The van der Waals surface area contributed by atoms with E-state index in [9.17, 15) is 0 Å². The van der Waals surface area contributed by atoms with Gasteiger partial charge >= 0.3 is 0 Å². The van der Waals surface area contributed by atoms with Crippen LogP contribution in [-0.2, 0) is 11.3 Å². The van der Waals surface area contributed by atoms with Gasteiger partial charge in [-0.15, -0.1) is 0 Å². The number of hydrogen-bond donors (Lipinski definition) is 1. The third-order valence-electron chi connectivity index (χ3n) is 3.48. The molecule has 0 saturated carbocycles. The second-order valence-electron chi connectivity index (χ2n) is 5.84. The number of methoxy groups -OCH3 is 1. The maximum atomic E-state index is 5.21. The van der Waals surface area contributed by atoms with E-state index in [-0.39, 0.29) is 0 Å². The minimum absolute atomic E-state index is 0.424. The van der Waals surface area contributed by atoms with Gasteiger partial charge in [0.05, 0.1) is 18.5 Å². The van der Waals surface area contributed by atoms with E-state index >= 15 is 0 Å². The Morgan fingerprint density at radius 1 is 1.29 bits per heavy atom. The van der Waals surface area contributed by atoms with Crippen molar-refractivity contribution in [3.63, 3.8) is 0 Å². The van der Waals surface area contributed by atoms with Crippen LogP contribution in [0.25, 0.3) is 0 Å². The lowest BCUT2D eigenvalue weighted by molar-refractivity contribution is 0.203. The summed E-state index contributed by atoms with van der Waals surface area (Å²) in [4.78, 5) is 11.3. The summed E-state index contributed by atoms with van der Waals surface area (Å²) in [5, 5.41) is 3.41. The zero-order valence-electron chi connectivity index (χ0n) is 14.1. The third-order valence-corrected chi connectivity index (χ3v) is 3.48. The van der Waals surface area contributed by atoms with Gasteiger partial charge < -0.3 is 15.0 Å². The van der Waals surface area contributed by atoms with Crippen LogP contribution in [0.2, 0.25) is 0 Å². The van der Waals surface area contributed by atoms with Crippen molar-refractivity contribution >= 4 is 5.82 Å².